The van der Waals surface area contributed by atoms with E-state index in [2.05, 4.69) is 0 Å². The second-order valence-corrected chi connectivity index (χ2v) is 4.11. The Bertz CT molecular complexity index is 733. The van der Waals surface area contributed by atoms with Gasteiger partial charge in [0.25, 0.3) is 0 Å². The van der Waals surface area contributed by atoms with Crippen LogP contribution in [0.2, 0.25) is 0 Å². The van der Waals surface area contributed by atoms with Crippen molar-refractivity contribution >= 4 is 6.08 Å². The van der Waals surface area contributed by atoms with E-state index < -0.39 is 0 Å². The van der Waals surface area contributed by atoms with E-state index in [0.717, 1.165) is 5.56 Å². The third kappa shape index (κ3) is 3.04. The number of ether oxygens (including phenoxy) is 1. The Morgan fingerprint density at radius 1 is 0.950 bits per heavy atom. The molecule has 0 aliphatic heterocycles. The van der Waals surface area contributed by atoms with Crippen molar-refractivity contribution in [2.24, 2.45) is 0 Å². The first-order valence-corrected chi connectivity index (χ1v) is 6.11. The average molecular weight is 260 g/mol. The van der Waals surface area contributed by atoms with E-state index in [1.54, 1.807) is 18.2 Å². The van der Waals surface area contributed by atoms with Crippen LogP contribution in [0.25, 0.3) is 6.08 Å². The topological polar surface area (TPSA) is 56.8 Å². The van der Waals surface area contributed by atoms with Gasteiger partial charge >= 0.3 is 0 Å². The highest BCUT2D eigenvalue weighted by Crippen LogP contribution is 2.24. The molecular weight excluding hydrogens is 248 g/mol. The Morgan fingerprint density at radius 3 is 2.40 bits per heavy atom. The zero-order valence-corrected chi connectivity index (χ0v) is 11.0. The van der Waals surface area contributed by atoms with Crippen molar-refractivity contribution in [1.82, 2.24) is 0 Å². The number of allylic oxidation sites excluding steroid dienone is 1. The van der Waals surface area contributed by atoms with E-state index in [-0.39, 0.29) is 0 Å². The van der Waals surface area contributed by atoms with E-state index in [0.29, 0.717) is 22.6 Å². The monoisotopic (exact) mass is 260 g/mol. The molecule has 0 N–H and O–H groups in total. The Hall–Kier alpha value is -3.04. The summed E-state index contributed by atoms with van der Waals surface area (Å²) in [6.07, 6.45) is 3.93. The largest absolute Gasteiger partial charge is 0.457 e. The maximum Gasteiger partial charge on any atom is 0.128 e. The van der Waals surface area contributed by atoms with Crippen molar-refractivity contribution < 1.29 is 4.74 Å². The second kappa shape index (κ2) is 6.22. The molecule has 2 rings (SSSR count). The normalized spacial score (nSPS) is 9.95. The summed E-state index contributed by atoms with van der Waals surface area (Å²) in [7, 11) is 0. The highest BCUT2D eigenvalue weighted by Gasteiger charge is 2.04. The zero-order valence-electron chi connectivity index (χ0n) is 11.0. The standard InChI is InChI=1S/C17H12N2O/c1-2-4-13-5-3-6-16(9-13)20-17-8-7-14(11-18)15(10-17)12-19/h2-10H,1H3. The first-order valence-electron chi connectivity index (χ1n) is 6.11. The van der Waals surface area contributed by atoms with Crippen LogP contribution >= 0.6 is 0 Å². The van der Waals surface area contributed by atoms with Gasteiger partial charge in [-0.25, -0.2) is 0 Å². The van der Waals surface area contributed by atoms with Gasteiger partial charge in [-0.3, -0.25) is 0 Å². The fourth-order valence-corrected chi connectivity index (χ4v) is 1.79. The lowest BCUT2D eigenvalue weighted by atomic mass is 10.1. The van der Waals surface area contributed by atoms with Crippen LogP contribution in [-0.2, 0) is 0 Å². The summed E-state index contributed by atoms with van der Waals surface area (Å²) in [6, 6.07) is 16.4. The minimum Gasteiger partial charge on any atom is -0.457 e. The van der Waals surface area contributed by atoms with Gasteiger partial charge in [-0.1, -0.05) is 24.3 Å². The quantitative estimate of drug-likeness (QED) is 0.828. The van der Waals surface area contributed by atoms with E-state index >= 15 is 0 Å². The third-order valence-corrected chi connectivity index (χ3v) is 2.68. The molecule has 0 bridgehead atoms. The van der Waals surface area contributed by atoms with Crippen LogP contribution in [0.15, 0.2) is 48.5 Å². The molecule has 0 spiro atoms. The number of nitrogens with zero attached hydrogens (tertiary/aromatic N) is 2. The van der Waals surface area contributed by atoms with Crippen molar-refractivity contribution in [3.8, 4) is 23.6 Å². The summed E-state index contributed by atoms with van der Waals surface area (Å²) in [6.45, 7) is 1.95. The Labute approximate surface area is 118 Å². The van der Waals surface area contributed by atoms with Gasteiger partial charge in [-0.05, 0) is 42.8 Å². The number of rotatable bonds is 3. The van der Waals surface area contributed by atoms with Crippen LogP contribution in [0.4, 0.5) is 0 Å². The molecule has 0 saturated heterocycles. The second-order valence-electron chi connectivity index (χ2n) is 4.11. The molecule has 0 aromatic heterocycles. The summed E-state index contributed by atoms with van der Waals surface area (Å²) >= 11 is 0. The van der Waals surface area contributed by atoms with Gasteiger partial charge in [0.05, 0.1) is 11.1 Å². The molecule has 20 heavy (non-hydrogen) atoms. The zero-order chi connectivity index (χ0) is 14.4. The highest BCUT2D eigenvalue weighted by atomic mass is 16.5. The van der Waals surface area contributed by atoms with Gasteiger partial charge in [0.2, 0.25) is 0 Å². The van der Waals surface area contributed by atoms with E-state index in [4.69, 9.17) is 15.3 Å². The molecule has 96 valence electrons. The molecule has 2 aromatic carbocycles. The van der Waals surface area contributed by atoms with Crippen LogP contribution in [-0.4, -0.2) is 0 Å². The average Bonchev–Trinajstić information content (AvgIpc) is 2.48. The van der Waals surface area contributed by atoms with E-state index in [9.17, 15) is 0 Å². The molecule has 0 atom stereocenters. The lowest BCUT2D eigenvalue weighted by molar-refractivity contribution is 0.482. The molecule has 3 nitrogen and oxygen atoms in total. The van der Waals surface area contributed by atoms with E-state index in [1.165, 1.54) is 0 Å². The van der Waals surface area contributed by atoms with Crippen molar-refractivity contribution in [3.63, 3.8) is 0 Å². The van der Waals surface area contributed by atoms with Gasteiger partial charge in [0.15, 0.2) is 0 Å². The molecule has 0 heterocycles. The number of hydrogen-bond donors (Lipinski definition) is 0. The van der Waals surface area contributed by atoms with Gasteiger partial charge in [-0.2, -0.15) is 10.5 Å². The predicted molar refractivity (Wildman–Crippen MR) is 77.1 cm³/mol. The molecule has 0 aliphatic carbocycles. The lowest BCUT2D eigenvalue weighted by Crippen LogP contribution is -1.88. The summed E-state index contributed by atoms with van der Waals surface area (Å²) in [5.74, 6) is 1.23. The van der Waals surface area contributed by atoms with Crippen LogP contribution in [0, 0.1) is 22.7 Å². The van der Waals surface area contributed by atoms with Crippen molar-refractivity contribution in [2.75, 3.05) is 0 Å². The van der Waals surface area contributed by atoms with Gasteiger partial charge in [0.1, 0.15) is 23.6 Å². The van der Waals surface area contributed by atoms with Gasteiger partial charge in [0, 0.05) is 0 Å². The lowest BCUT2D eigenvalue weighted by Gasteiger charge is -2.07. The number of nitriles is 2. The predicted octanol–water partition coefficient (Wildman–Crippen LogP) is 4.26. The molecule has 0 radical (unpaired) electrons. The maximum atomic E-state index is 8.99. The molecule has 0 unspecified atom stereocenters. The Morgan fingerprint density at radius 2 is 1.70 bits per heavy atom. The van der Waals surface area contributed by atoms with Gasteiger partial charge < -0.3 is 4.74 Å². The van der Waals surface area contributed by atoms with Crippen molar-refractivity contribution in [3.05, 3.63) is 65.2 Å². The smallest absolute Gasteiger partial charge is 0.128 e. The highest BCUT2D eigenvalue weighted by molar-refractivity contribution is 5.53. The molecule has 0 amide bonds. The van der Waals surface area contributed by atoms with Crippen molar-refractivity contribution in [1.29, 1.82) is 10.5 Å². The molecule has 2 aromatic rings. The Balaban J connectivity index is 2.29. The molecule has 0 fully saturated rings. The fourth-order valence-electron chi connectivity index (χ4n) is 1.79. The fraction of sp³-hybridized carbons (Fsp3) is 0.0588. The number of benzene rings is 2. The molecular formula is C17H12N2O. The summed E-state index contributed by atoms with van der Waals surface area (Å²) in [5, 5.41) is 17.9. The van der Waals surface area contributed by atoms with Crippen LogP contribution in [0.5, 0.6) is 11.5 Å². The summed E-state index contributed by atoms with van der Waals surface area (Å²) in [5.41, 5.74) is 1.70. The van der Waals surface area contributed by atoms with Crippen LogP contribution < -0.4 is 4.74 Å². The summed E-state index contributed by atoms with van der Waals surface area (Å²) in [4.78, 5) is 0. The Kier molecular flexibility index (Phi) is 4.17. The third-order valence-electron chi connectivity index (χ3n) is 2.68. The van der Waals surface area contributed by atoms with Gasteiger partial charge in [-0.15, -0.1) is 0 Å². The first kappa shape index (κ1) is 13.4. The van der Waals surface area contributed by atoms with Crippen LogP contribution in [0.1, 0.15) is 23.6 Å². The van der Waals surface area contributed by atoms with Crippen LogP contribution in [0.3, 0.4) is 0 Å². The maximum absolute atomic E-state index is 8.99. The van der Waals surface area contributed by atoms with Crippen molar-refractivity contribution in [2.45, 2.75) is 6.92 Å². The SMILES string of the molecule is CC=Cc1cccc(Oc2ccc(C#N)c(C#N)c2)c1. The number of hydrogen-bond acceptors (Lipinski definition) is 3. The van der Waals surface area contributed by atoms with E-state index in [1.807, 2.05) is 55.5 Å². The summed E-state index contributed by atoms with van der Waals surface area (Å²) < 4.78 is 5.71. The molecule has 0 saturated carbocycles. The molecule has 0 aliphatic rings. The minimum absolute atomic E-state index is 0.314. The minimum atomic E-state index is 0.314. The molecule has 3 heteroatoms. The first-order chi connectivity index (χ1) is 9.76.